The first-order valence-electron chi connectivity index (χ1n) is 2.44. The summed E-state index contributed by atoms with van der Waals surface area (Å²) in [6.45, 7) is 0. The van der Waals surface area contributed by atoms with E-state index in [1.165, 1.54) is 0 Å². The molecule has 0 aromatic carbocycles. The van der Waals surface area contributed by atoms with Gasteiger partial charge in [-0.25, -0.2) is 0 Å². The molecule has 0 aromatic heterocycles. The molecule has 1 rings (SSSR count). The standard InChI is InChI=1S/C6H6Br2/c7-5-3-1-2-4-6(5)8/h1-6H. The first-order chi connectivity index (χ1) is 3.80. The van der Waals surface area contributed by atoms with Gasteiger partial charge in [0.2, 0.25) is 0 Å². The second-order valence-electron chi connectivity index (χ2n) is 1.66. The SMILES string of the molecule is BrC1C=CC=CC1Br. The maximum Gasteiger partial charge on any atom is 0.0488 e. The van der Waals surface area contributed by atoms with Crippen LogP contribution in [-0.2, 0) is 0 Å². The summed E-state index contributed by atoms with van der Waals surface area (Å²) in [6.07, 6.45) is 8.30. The number of rotatable bonds is 0. The minimum absolute atomic E-state index is 0.465. The van der Waals surface area contributed by atoms with Gasteiger partial charge in [0.1, 0.15) is 0 Å². The first kappa shape index (κ1) is 6.56. The Bertz CT molecular complexity index is 110. The largest absolute Gasteiger partial charge is 0.0830 e. The third-order valence-corrected chi connectivity index (χ3v) is 3.46. The molecule has 0 aromatic rings. The molecule has 0 spiro atoms. The monoisotopic (exact) mass is 236 g/mol. The zero-order valence-electron chi connectivity index (χ0n) is 4.22. The van der Waals surface area contributed by atoms with Crippen molar-refractivity contribution in [2.75, 3.05) is 0 Å². The van der Waals surface area contributed by atoms with Crippen LogP contribution in [-0.4, -0.2) is 9.65 Å². The fourth-order valence-electron chi connectivity index (χ4n) is 0.553. The molecule has 2 unspecified atom stereocenters. The van der Waals surface area contributed by atoms with Gasteiger partial charge in [-0.2, -0.15) is 0 Å². The van der Waals surface area contributed by atoms with Gasteiger partial charge >= 0.3 is 0 Å². The lowest BCUT2D eigenvalue weighted by Gasteiger charge is -2.10. The number of hydrogen-bond donors (Lipinski definition) is 0. The second kappa shape index (κ2) is 2.83. The van der Waals surface area contributed by atoms with E-state index in [9.17, 15) is 0 Å². The van der Waals surface area contributed by atoms with Crippen LogP contribution < -0.4 is 0 Å². The Morgan fingerprint density at radius 1 is 0.875 bits per heavy atom. The highest BCUT2D eigenvalue weighted by molar-refractivity contribution is 9.12. The zero-order chi connectivity index (χ0) is 5.98. The summed E-state index contributed by atoms with van der Waals surface area (Å²) in [6, 6.07) is 0. The molecule has 0 fully saturated rings. The van der Waals surface area contributed by atoms with Gasteiger partial charge in [-0.15, -0.1) is 0 Å². The van der Waals surface area contributed by atoms with Crippen molar-refractivity contribution < 1.29 is 0 Å². The lowest BCUT2D eigenvalue weighted by molar-refractivity contribution is 1.11. The Kier molecular flexibility index (Phi) is 2.32. The molecule has 1 aliphatic rings. The van der Waals surface area contributed by atoms with Crippen molar-refractivity contribution in [3.63, 3.8) is 0 Å². The minimum atomic E-state index is 0.465. The molecule has 0 amide bonds. The first-order valence-corrected chi connectivity index (χ1v) is 4.27. The van der Waals surface area contributed by atoms with E-state index in [0.717, 1.165) is 0 Å². The number of halogens is 2. The fraction of sp³-hybridized carbons (Fsp3) is 0.333. The molecular weight excluding hydrogens is 232 g/mol. The maximum atomic E-state index is 3.47. The van der Waals surface area contributed by atoms with Crippen molar-refractivity contribution in [2.45, 2.75) is 9.65 Å². The summed E-state index contributed by atoms with van der Waals surface area (Å²) in [7, 11) is 0. The minimum Gasteiger partial charge on any atom is -0.0830 e. The van der Waals surface area contributed by atoms with E-state index < -0.39 is 0 Å². The summed E-state index contributed by atoms with van der Waals surface area (Å²) >= 11 is 6.94. The van der Waals surface area contributed by atoms with Gasteiger partial charge in [-0.05, 0) is 0 Å². The summed E-state index contributed by atoms with van der Waals surface area (Å²) < 4.78 is 0. The molecule has 8 heavy (non-hydrogen) atoms. The van der Waals surface area contributed by atoms with Crippen molar-refractivity contribution in [1.82, 2.24) is 0 Å². The Morgan fingerprint density at radius 2 is 1.25 bits per heavy atom. The molecule has 44 valence electrons. The average molecular weight is 238 g/mol. The molecule has 0 radical (unpaired) electrons. The highest BCUT2D eigenvalue weighted by atomic mass is 79.9. The summed E-state index contributed by atoms with van der Waals surface area (Å²) in [4.78, 5) is 0.931. The molecule has 0 N–H and O–H groups in total. The van der Waals surface area contributed by atoms with Crippen LogP contribution in [0, 0.1) is 0 Å². The highest BCUT2D eigenvalue weighted by Gasteiger charge is 2.09. The van der Waals surface area contributed by atoms with Crippen molar-refractivity contribution in [3.05, 3.63) is 24.3 Å². The Hall–Kier alpha value is 0.440. The van der Waals surface area contributed by atoms with Crippen LogP contribution in [0.1, 0.15) is 0 Å². The van der Waals surface area contributed by atoms with Crippen LogP contribution in [0.25, 0.3) is 0 Å². The molecule has 0 saturated carbocycles. The van der Waals surface area contributed by atoms with Gasteiger partial charge < -0.3 is 0 Å². The zero-order valence-corrected chi connectivity index (χ0v) is 7.39. The van der Waals surface area contributed by atoms with Crippen LogP contribution in [0.2, 0.25) is 0 Å². The van der Waals surface area contributed by atoms with E-state index in [1.807, 2.05) is 12.2 Å². The average Bonchev–Trinajstić information content (AvgIpc) is 1.77. The smallest absolute Gasteiger partial charge is 0.0488 e. The van der Waals surface area contributed by atoms with Crippen LogP contribution >= 0.6 is 31.9 Å². The van der Waals surface area contributed by atoms with E-state index in [1.54, 1.807) is 0 Å². The lowest BCUT2D eigenvalue weighted by atomic mass is 10.2. The summed E-state index contributed by atoms with van der Waals surface area (Å²) in [5, 5.41) is 0. The van der Waals surface area contributed by atoms with E-state index >= 15 is 0 Å². The molecule has 0 nitrogen and oxygen atoms in total. The van der Waals surface area contributed by atoms with E-state index in [-0.39, 0.29) is 0 Å². The molecule has 0 aliphatic heterocycles. The predicted octanol–water partition coefficient (Wildman–Crippen LogP) is 2.64. The maximum absolute atomic E-state index is 3.47. The van der Waals surface area contributed by atoms with Crippen molar-refractivity contribution in [3.8, 4) is 0 Å². The van der Waals surface area contributed by atoms with Gasteiger partial charge in [0.25, 0.3) is 0 Å². The number of allylic oxidation sites excluding steroid dienone is 4. The summed E-state index contributed by atoms with van der Waals surface area (Å²) in [5.41, 5.74) is 0. The van der Waals surface area contributed by atoms with Gasteiger partial charge in [0.05, 0.1) is 0 Å². The molecular formula is C6H6Br2. The van der Waals surface area contributed by atoms with Crippen molar-refractivity contribution in [1.29, 1.82) is 0 Å². The number of hydrogen-bond acceptors (Lipinski definition) is 0. The van der Waals surface area contributed by atoms with Crippen molar-refractivity contribution >= 4 is 31.9 Å². The third-order valence-electron chi connectivity index (χ3n) is 1.01. The van der Waals surface area contributed by atoms with Gasteiger partial charge in [-0.3, -0.25) is 0 Å². The second-order valence-corrected chi connectivity index (χ2v) is 3.77. The topological polar surface area (TPSA) is 0 Å². The quantitative estimate of drug-likeness (QED) is 0.569. The van der Waals surface area contributed by atoms with Crippen LogP contribution in [0.3, 0.4) is 0 Å². The summed E-state index contributed by atoms with van der Waals surface area (Å²) in [5.74, 6) is 0. The third kappa shape index (κ3) is 1.46. The van der Waals surface area contributed by atoms with Crippen molar-refractivity contribution in [2.24, 2.45) is 0 Å². The van der Waals surface area contributed by atoms with E-state index in [0.29, 0.717) is 9.65 Å². The molecule has 0 saturated heterocycles. The Balaban J connectivity index is 2.59. The van der Waals surface area contributed by atoms with E-state index in [4.69, 9.17) is 0 Å². The molecule has 2 atom stereocenters. The van der Waals surface area contributed by atoms with Gasteiger partial charge in [-0.1, -0.05) is 56.2 Å². The molecule has 2 heteroatoms. The Morgan fingerprint density at radius 3 is 1.50 bits per heavy atom. The molecule has 1 aliphatic carbocycles. The fourth-order valence-corrected chi connectivity index (χ4v) is 1.26. The van der Waals surface area contributed by atoms with Crippen LogP contribution in [0.5, 0.6) is 0 Å². The Labute approximate surface area is 65.9 Å². The van der Waals surface area contributed by atoms with Crippen LogP contribution in [0.15, 0.2) is 24.3 Å². The predicted molar refractivity (Wildman–Crippen MR) is 43.7 cm³/mol. The lowest BCUT2D eigenvalue weighted by Crippen LogP contribution is -2.09. The van der Waals surface area contributed by atoms with Gasteiger partial charge in [0, 0.05) is 9.65 Å². The normalized spacial score (nSPS) is 35.8. The molecule has 0 bridgehead atoms. The number of alkyl halides is 2. The van der Waals surface area contributed by atoms with Gasteiger partial charge in [0.15, 0.2) is 0 Å². The van der Waals surface area contributed by atoms with Crippen LogP contribution in [0.4, 0.5) is 0 Å². The highest BCUT2D eigenvalue weighted by Crippen LogP contribution is 2.19. The molecule has 0 heterocycles. The van der Waals surface area contributed by atoms with E-state index in [2.05, 4.69) is 44.0 Å².